The summed E-state index contributed by atoms with van der Waals surface area (Å²) in [6.45, 7) is 0. The fraction of sp³-hybridized carbons (Fsp3) is 0.182. The number of rotatable bonds is 6. The van der Waals surface area contributed by atoms with E-state index >= 15 is 0 Å². The molecule has 2 heterocycles. The summed E-state index contributed by atoms with van der Waals surface area (Å²) in [5, 5.41) is 4.43. The second-order valence-corrected chi connectivity index (χ2v) is 6.64. The number of carbonyl (C=O) groups is 2. The number of amides is 2. The number of ether oxygens (including phenoxy) is 3. The van der Waals surface area contributed by atoms with Gasteiger partial charge in [-0.2, -0.15) is 0 Å². The van der Waals surface area contributed by atoms with E-state index in [9.17, 15) is 9.59 Å². The van der Waals surface area contributed by atoms with Crippen molar-refractivity contribution in [3.63, 3.8) is 0 Å². The van der Waals surface area contributed by atoms with Crippen LogP contribution in [0, 0.1) is 0 Å². The third-order valence-corrected chi connectivity index (χ3v) is 4.89. The Balaban J connectivity index is 1.70. The van der Waals surface area contributed by atoms with Crippen LogP contribution in [0.2, 0.25) is 0 Å². The summed E-state index contributed by atoms with van der Waals surface area (Å²) in [7, 11) is 4.39. The number of furan rings is 1. The van der Waals surface area contributed by atoms with Crippen LogP contribution in [-0.2, 0) is 0 Å². The minimum atomic E-state index is -0.733. The number of nitrogens with one attached hydrogen (secondary N) is 2. The van der Waals surface area contributed by atoms with Crippen molar-refractivity contribution in [2.75, 3.05) is 26.6 Å². The first-order chi connectivity index (χ1) is 15.1. The number of anilines is 1. The first-order valence-electron chi connectivity index (χ1n) is 9.41. The quantitative estimate of drug-likeness (QED) is 0.628. The van der Waals surface area contributed by atoms with Crippen LogP contribution in [0.3, 0.4) is 0 Å². The standard InChI is InChI=1S/C22H21N3O6/c1-28-17-11-13(12-18(29-2)19(17)30-3)21(26)24-25-20(16-9-6-10-31-16)23-15-8-5-4-7-14(15)22(25)27/h4-12,20,23H,1-3H3,(H,24,26). The van der Waals surface area contributed by atoms with E-state index in [0.717, 1.165) is 0 Å². The molecule has 1 aliphatic rings. The maximum atomic E-state index is 13.2. The maximum Gasteiger partial charge on any atom is 0.276 e. The van der Waals surface area contributed by atoms with Crippen molar-refractivity contribution in [3.8, 4) is 17.2 Å². The third kappa shape index (κ3) is 3.61. The average Bonchev–Trinajstić information content (AvgIpc) is 3.34. The molecule has 0 radical (unpaired) electrons. The lowest BCUT2D eigenvalue weighted by Crippen LogP contribution is -2.52. The first-order valence-corrected chi connectivity index (χ1v) is 9.41. The molecule has 3 aromatic rings. The van der Waals surface area contributed by atoms with E-state index in [4.69, 9.17) is 18.6 Å². The number of fused-ring (bicyclic) bond motifs is 1. The lowest BCUT2D eigenvalue weighted by molar-refractivity contribution is 0.0467. The molecule has 1 atom stereocenters. The molecule has 1 unspecified atom stereocenters. The van der Waals surface area contributed by atoms with Gasteiger partial charge in [-0.3, -0.25) is 15.0 Å². The predicted molar refractivity (Wildman–Crippen MR) is 111 cm³/mol. The minimum Gasteiger partial charge on any atom is -0.493 e. The highest BCUT2D eigenvalue weighted by Gasteiger charge is 2.36. The molecule has 0 saturated carbocycles. The summed E-state index contributed by atoms with van der Waals surface area (Å²) in [6.07, 6.45) is 0.768. The molecule has 0 aliphatic carbocycles. The van der Waals surface area contributed by atoms with E-state index in [1.165, 1.54) is 44.7 Å². The highest BCUT2D eigenvalue weighted by atomic mass is 16.5. The Labute approximate surface area is 178 Å². The zero-order valence-electron chi connectivity index (χ0n) is 17.2. The molecule has 9 heteroatoms. The van der Waals surface area contributed by atoms with Crippen LogP contribution in [0.4, 0.5) is 5.69 Å². The van der Waals surface area contributed by atoms with Gasteiger partial charge in [-0.05, 0) is 36.4 Å². The fourth-order valence-corrected chi connectivity index (χ4v) is 3.40. The van der Waals surface area contributed by atoms with Crippen molar-refractivity contribution in [2.45, 2.75) is 6.17 Å². The number of nitrogens with zero attached hydrogens (tertiary/aromatic N) is 1. The molecule has 1 aliphatic heterocycles. The Kier molecular flexibility index (Phi) is 5.40. The lowest BCUT2D eigenvalue weighted by Gasteiger charge is -2.36. The Morgan fingerprint density at radius 2 is 1.74 bits per heavy atom. The Hall–Kier alpha value is -4.14. The summed E-state index contributed by atoms with van der Waals surface area (Å²) in [4.78, 5) is 26.3. The Bertz CT molecular complexity index is 1090. The number of hydrazine groups is 1. The number of hydrogen-bond donors (Lipinski definition) is 2. The number of benzene rings is 2. The number of methoxy groups -OCH3 is 3. The molecular formula is C22H21N3O6. The second kappa shape index (κ2) is 8.31. The van der Waals surface area contributed by atoms with Gasteiger partial charge >= 0.3 is 0 Å². The van der Waals surface area contributed by atoms with Crippen LogP contribution >= 0.6 is 0 Å². The summed E-state index contributed by atoms with van der Waals surface area (Å²) in [6, 6.07) is 13.5. The highest BCUT2D eigenvalue weighted by molar-refractivity contribution is 6.04. The third-order valence-electron chi connectivity index (χ3n) is 4.89. The van der Waals surface area contributed by atoms with Gasteiger partial charge in [0.1, 0.15) is 5.76 Å². The van der Waals surface area contributed by atoms with Crippen molar-refractivity contribution >= 4 is 17.5 Å². The lowest BCUT2D eigenvalue weighted by atomic mass is 10.1. The van der Waals surface area contributed by atoms with Gasteiger partial charge in [0.15, 0.2) is 17.7 Å². The van der Waals surface area contributed by atoms with Gasteiger partial charge in [0, 0.05) is 11.3 Å². The second-order valence-electron chi connectivity index (χ2n) is 6.64. The molecule has 0 saturated heterocycles. The number of para-hydroxylation sites is 1. The molecule has 1 aromatic heterocycles. The molecular weight excluding hydrogens is 402 g/mol. The predicted octanol–water partition coefficient (Wildman–Crippen LogP) is 3.22. The van der Waals surface area contributed by atoms with Gasteiger partial charge in [0.05, 0.1) is 33.2 Å². The molecule has 4 rings (SSSR count). The normalized spacial score (nSPS) is 15.0. The van der Waals surface area contributed by atoms with Crippen molar-refractivity contribution in [1.82, 2.24) is 10.4 Å². The summed E-state index contributed by atoms with van der Waals surface area (Å²) >= 11 is 0. The van der Waals surface area contributed by atoms with Crippen molar-refractivity contribution < 1.29 is 28.2 Å². The van der Waals surface area contributed by atoms with Crippen molar-refractivity contribution in [3.05, 3.63) is 71.7 Å². The van der Waals surface area contributed by atoms with E-state index in [1.54, 1.807) is 30.3 Å². The van der Waals surface area contributed by atoms with Gasteiger partial charge in [-0.25, -0.2) is 5.01 Å². The van der Waals surface area contributed by atoms with Gasteiger partial charge in [-0.1, -0.05) is 12.1 Å². The van der Waals surface area contributed by atoms with E-state index in [1.807, 2.05) is 6.07 Å². The van der Waals surface area contributed by atoms with Crippen LogP contribution in [0.25, 0.3) is 0 Å². The molecule has 31 heavy (non-hydrogen) atoms. The molecule has 2 N–H and O–H groups in total. The fourth-order valence-electron chi connectivity index (χ4n) is 3.40. The maximum absolute atomic E-state index is 13.2. The van der Waals surface area contributed by atoms with Gasteiger partial charge < -0.3 is 23.9 Å². The largest absolute Gasteiger partial charge is 0.493 e. The van der Waals surface area contributed by atoms with E-state index < -0.39 is 12.1 Å². The SMILES string of the molecule is COc1cc(C(=O)NN2C(=O)c3ccccc3NC2c2ccco2)cc(OC)c1OC. The monoisotopic (exact) mass is 423 g/mol. The zero-order chi connectivity index (χ0) is 22.0. The average molecular weight is 423 g/mol. The molecule has 0 fully saturated rings. The molecule has 9 nitrogen and oxygen atoms in total. The molecule has 0 bridgehead atoms. The van der Waals surface area contributed by atoms with Gasteiger partial charge in [-0.15, -0.1) is 0 Å². The van der Waals surface area contributed by atoms with Crippen molar-refractivity contribution in [1.29, 1.82) is 0 Å². The summed E-state index contributed by atoms with van der Waals surface area (Å²) in [5.41, 5.74) is 3.97. The van der Waals surface area contributed by atoms with E-state index in [2.05, 4.69) is 10.7 Å². The molecule has 160 valence electrons. The minimum absolute atomic E-state index is 0.222. The summed E-state index contributed by atoms with van der Waals surface area (Å²) < 4.78 is 21.4. The van der Waals surface area contributed by atoms with Crippen LogP contribution < -0.4 is 25.0 Å². The number of hydrogen-bond acceptors (Lipinski definition) is 7. The van der Waals surface area contributed by atoms with Gasteiger partial charge in [0.25, 0.3) is 11.8 Å². The summed E-state index contributed by atoms with van der Waals surface area (Å²) in [5.74, 6) is 0.556. The molecule has 2 amide bonds. The Morgan fingerprint density at radius 3 is 2.35 bits per heavy atom. The van der Waals surface area contributed by atoms with Crippen molar-refractivity contribution in [2.24, 2.45) is 0 Å². The van der Waals surface area contributed by atoms with Gasteiger partial charge in [0.2, 0.25) is 5.75 Å². The van der Waals surface area contributed by atoms with Crippen LogP contribution in [0.1, 0.15) is 32.6 Å². The Morgan fingerprint density at radius 1 is 1.03 bits per heavy atom. The highest BCUT2D eigenvalue weighted by Crippen LogP contribution is 2.38. The van der Waals surface area contributed by atoms with Crippen LogP contribution in [-0.4, -0.2) is 38.2 Å². The topological polar surface area (TPSA) is 102 Å². The number of carbonyl (C=O) groups excluding carboxylic acids is 2. The van der Waals surface area contributed by atoms with E-state index in [-0.39, 0.29) is 11.5 Å². The van der Waals surface area contributed by atoms with Crippen LogP contribution in [0.5, 0.6) is 17.2 Å². The van der Waals surface area contributed by atoms with Crippen LogP contribution in [0.15, 0.2) is 59.2 Å². The first kappa shape index (κ1) is 20.1. The van der Waals surface area contributed by atoms with E-state index in [0.29, 0.717) is 34.3 Å². The zero-order valence-corrected chi connectivity index (χ0v) is 17.2. The smallest absolute Gasteiger partial charge is 0.276 e. The molecule has 0 spiro atoms. The molecule has 2 aromatic carbocycles.